The first-order chi connectivity index (χ1) is 43.1. The van der Waals surface area contributed by atoms with Crippen LogP contribution in [0.1, 0.15) is 86.5 Å². The van der Waals surface area contributed by atoms with E-state index in [2.05, 4.69) is 41.1 Å². The first kappa shape index (κ1) is 68.8. The number of nitrogens with two attached hydrogens (primary N) is 1. The first-order valence-corrected chi connectivity index (χ1v) is 30.2. The number of rotatable bonds is 27. The van der Waals surface area contributed by atoms with Crippen LogP contribution in [0.3, 0.4) is 0 Å². The van der Waals surface area contributed by atoms with Crippen LogP contribution in [-0.2, 0) is 41.5 Å². The number of esters is 2. The van der Waals surface area contributed by atoms with Crippen molar-refractivity contribution in [1.29, 1.82) is 0 Å². The molecule has 5 amide bonds. The average molecular weight is 1220 g/mol. The standard InChI is InChI=1S/C34H42N4O6.C18H28N2O4.C16H16N2O3/c1-25-9-4-5-10-29(25)37-34(41)36-27-14-12-26(13-15-27)23-32(39)35-28-16-17-30(44-22-20-38-18-6-3-7-19-38)31(24-28)43-21-8-11-33(40)42-2;1-22-18(21)6-5-12-23-17-14-15(19)7-8-16(17)24-13-11-20-9-3-2-4-10-20;1-11-4-2-3-5-14(11)18-16(21)17-13-8-6-12(7-9-13)10-15(19)20/h4-5,9-10,12-17,24H,3,6-8,11,18-23H2,1-2H3,(H,35,39)(H2,36,37,41);7-8,14H,2-6,9-13,19H2,1H3;2-9H,10H2,1H3,(H,19,20)(H2,17,18,21). The van der Waals surface area contributed by atoms with Gasteiger partial charge >= 0.3 is 30.0 Å². The predicted octanol–water partition coefficient (Wildman–Crippen LogP) is 11.7. The molecule has 6 aromatic rings. The van der Waals surface area contributed by atoms with Crippen LogP contribution in [0.5, 0.6) is 23.0 Å². The Hall–Kier alpha value is -9.34. The number of hydrogen-bond acceptors (Lipinski definition) is 15. The number of urea groups is 2. The number of methoxy groups -OCH3 is 2. The second-order valence-corrected chi connectivity index (χ2v) is 21.4. The van der Waals surface area contributed by atoms with E-state index in [9.17, 15) is 28.8 Å². The zero-order chi connectivity index (χ0) is 63.6. The molecule has 21 heteroatoms. The van der Waals surface area contributed by atoms with Crippen molar-refractivity contribution in [3.63, 3.8) is 0 Å². The molecular formula is C68H86N8O13. The topological polar surface area (TPSA) is 271 Å². The van der Waals surface area contributed by atoms with E-state index < -0.39 is 5.97 Å². The van der Waals surface area contributed by atoms with Crippen molar-refractivity contribution >= 4 is 70.0 Å². The number of nitrogen functional groups attached to an aromatic ring is 1. The van der Waals surface area contributed by atoms with E-state index in [1.165, 1.54) is 52.7 Å². The Labute approximate surface area is 521 Å². The summed E-state index contributed by atoms with van der Waals surface area (Å²) in [6, 6.07) is 38.9. The van der Waals surface area contributed by atoms with Gasteiger partial charge in [-0.15, -0.1) is 0 Å². The Kier molecular flexibility index (Phi) is 29.4. The number of carbonyl (C=O) groups is 6. The highest BCUT2D eigenvalue weighted by Crippen LogP contribution is 2.32. The van der Waals surface area contributed by atoms with Crippen LogP contribution in [0.4, 0.5) is 43.7 Å². The highest BCUT2D eigenvalue weighted by atomic mass is 16.5. The molecule has 8 N–H and O–H groups in total. The molecule has 0 aliphatic carbocycles. The summed E-state index contributed by atoms with van der Waals surface area (Å²) in [5.41, 5.74) is 13.2. The van der Waals surface area contributed by atoms with E-state index in [0.29, 0.717) is 97.0 Å². The number of amides is 5. The lowest BCUT2D eigenvalue weighted by molar-refractivity contribution is -0.141. The number of anilines is 6. The maximum atomic E-state index is 12.9. The van der Waals surface area contributed by atoms with Crippen LogP contribution in [-0.4, -0.2) is 131 Å². The van der Waals surface area contributed by atoms with Crippen molar-refractivity contribution < 1.29 is 62.3 Å². The highest BCUT2D eigenvalue weighted by molar-refractivity contribution is 6.01. The smallest absolute Gasteiger partial charge is 0.323 e. The number of nitrogens with one attached hydrogen (secondary N) is 5. The number of aliphatic carboxylic acids is 1. The van der Waals surface area contributed by atoms with Gasteiger partial charge in [0.2, 0.25) is 5.91 Å². The molecule has 0 aromatic heterocycles. The van der Waals surface area contributed by atoms with E-state index in [4.69, 9.17) is 34.5 Å². The second kappa shape index (κ2) is 38.0. The van der Waals surface area contributed by atoms with Crippen LogP contribution >= 0.6 is 0 Å². The number of likely N-dealkylation sites (tertiary alicyclic amines) is 2. The van der Waals surface area contributed by atoms with Gasteiger partial charge in [0, 0.05) is 72.2 Å². The lowest BCUT2D eigenvalue weighted by atomic mass is 10.1. The Morgan fingerprint density at radius 2 is 0.876 bits per heavy atom. The minimum atomic E-state index is -0.881. The molecule has 2 fully saturated rings. The summed E-state index contributed by atoms with van der Waals surface area (Å²) in [5.74, 6) is 0.814. The molecule has 6 aromatic carbocycles. The number of carboxylic acid groups (broad SMARTS) is 1. The minimum Gasteiger partial charge on any atom is -0.490 e. The fourth-order valence-corrected chi connectivity index (χ4v) is 9.48. The van der Waals surface area contributed by atoms with Gasteiger partial charge in [0.25, 0.3) is 0 Å². The van der Waals surface area contributed by atoms with Gasteiger partial charge in [0.15, 0.2) is 23.0 Å². The molecule has 2 heterocycles. The Morgan fingerprint density at radius 1 is 0.461 bits per heavy atom. The number of ether oxygens (including phenoxy) is 6. The first-order valence-electron chi connectivity index (χ1n) is 30.2. The van der Waals surface area contributed by atoms with Crippen molar-refractivity contribution in [1.82, 2.24) is 9.80 Å². The summed E-state index contributed by atoms with van der Waals surface area (Å²) < 4.78 is 33.0. The summed E-state index contributed by atoms with van der Waals surface area (Å²) in [5, 5.41) is 22.7. The molecule has 476 valence electrons. The third-order valence-corrected chi connectivity index (χ3v) is 14.4. The molecule has 2 aliphatic rings. The van der Waals surface area contributed by atoms with E-state index in [1.807, 2.05) is 68.4 Å². The van der Waals surface area contributed by atoms with Gasteiger partial charge in [-0.1, -0.05) is 73.5 Å². The largest absolute Gasteiger partial charge is 0.490 e. The third-order valence-electron chi connectivity index (χ3n) is 14.4. The maximum Gasteiger partial charge on any atom is 0.323 e. The summed E-state index contributed by atoms with van der Waals surface area (Å²) >= 11 is 0. The number of carbonyl (C=O) groups excluding carboxylic acids is 5. The van der Waals surface area contributed by atoms with Gasteiger partial charge in [-0.05, 0) is 161 Å². The molecule has 0 radical (unpaired) electrons. The van der Waals surface area contributed by atoms with E-state index in [1.54, 1.807) is 78.9 Å². The van der Waals surface area contributed by atoms with Gasteiger partial charge in [0.1, 0.15) is 13.2 Å². The number of para-hydroxylation sites is 2. The van der Waals surface area contributed by atoms with Gasteiger partial charge in [-0.2, -0.15) is 0 Å². The molecule has 2 aliphatic heterocycles. The normalized spacial score (nSPS) is 12.9. The van der Waals surface area contributed by atoms with Crippen molar-refractivity contribution in [2.24, 2.45) is 0 Å². The third kappa shape index (κ3) is 26.3. The molecule has 0 atom stereocenters. The molecule has 21 nitrogen and oxygen atoms in total. The molecule has 0 bridgehead atoms. The number of piperidine rings is 2. The van der Waals surface area contributed by atoms with Gasteiger partial charge in [0.05, 0.1) is 40.3 Å². The second-order valence-electron chi connectivity index (χ2n) is 21.4. The predicted molar refractivity (Wildman–Crippen MR) is 347 cm³/mol. The minimum absolute atomic E-state index is 0.0321. The quantitative estimate of drug-likeness (QED) is 0.0143. The van der Waals surface area contributed by atoms with Crippen molar-refractivity contribution in [3.05, 3.63) is 156 Å². The van der Waals surface area contributed by atoms with Crippen LogP contribution in [0.2, 0.25) is 0 Å². The summed E-state index contributed by atoms with van der Waals surface area (Å²) in [6.07, 6.45) is 9.40. The number of nitrogens with zero attached hydrogens (tertiary/aromatic N) is 2. The van der Waals surface area contributed by atoms with Gasteiger partial charge in [-0.3, -0.25) is 29.0 Å². The zero-order valence-electron chi connectivity index (χ0n) is 51.6. The molecular weight excluding hydrogens is 1140 g/mol. The monoisotopic (exact) mass is 1220 g/mol. The van der Waals surface area contributed by atoms with Crippen LogP contribution < -0.4 is 51.3 Å². The highest BCUT2D eigenvalue weighted by Gasteiger charge is 2.16. The van der Waals surface area contributed by atoms with Crippen molar-refractivity contribution in [2.75, 3.05) is 112 Å². The summed E-state index contributed by atoms with van der Waals surface area (Å²) in [7, 11) is 2.75. The Morgan fingerprint density at radius 3 is 1.33 bits per heavy atom. The van der Waals surface area contributed by atoms with Crippen molar-refractivity contribution in [3.8, 4) is 23.0 Å². The lowest BCUT2D eigenvalue weighted by Gasteiger charge is -2.26. The average Bonchev–Trinajstić information content (AvgIpc) is 3.65. The van der Waals surface area contributed by atoms with E-state index in [0.717, 1.165) is 67.3 Å². The van der Waals surface area contributed by atoms with E-state index >= 15 is 0 Å². The maximum absolute atomic E-state index is 12.9. The number of aryl methyl sites for hydroxylation is 2. The molecule has 8 rings (SSSR count). The van der Waals surface area contributed by atoms with Gasteiger partial charge in [-0.25, -0.2) is 9.59 Å². The number of carboxylic acids is 1. The van der Waals surface area contributed by atoms with Crippen molar-refractivity contribution in [2.45, 2.75) is 90.9 Å². The lowest BCUT2D eigenvalue weighted by Crippen LogP contribution is -2.33. The fourth-order valence-electron chi connectivity index (χ4n) is 9.48. The summed E-state index contributed by atoms with van der Waals surface area (Å²) in [6.45, 7) is 12.0. The molecule has 0 spiro atoms. The molecule has 0 saturated carbocycles. The molecule has 2 saturated heterocycles. The fraction of sp³-hybridized carbons (Fsp3) is 0.382. The Balaban J connectivity index is 0.000000235. The molecule has 0 unspecified atom stereocenters. The van der Waals surface area contributed by atoms with Gasteiger partial charge < -0.3 is 65.8 Å². The van der Waals surface area contributed by atoms with E-state index in [-0.39, 0.29) is 49.2 Å². The van der Waals surface area contributed by atoms with Crippen LogP contribution in [0, 0.1) is 13.8 Å². The SMILES string of the molecule is COC(=O)CCCOc1cc(N)ccc1OCCN1CCCCC1.COC(=O)CCCOc1cc(NC(=O)Cc2ccc(NC(=O)Nc3ccccc3C)cc2)ccc1OCCN1CCCCC1.Cc1ccccc1NC(=O)Nc1ccc(CC(=O)O)cc1. The zero-order valence-corrected chi connectivity index (χ0v) is 51.6. The van der Waals surface area contributed by atoms with Crippen LogP contribution in [0.25, 0.3) is 0 Å². The Bertz CT molecular complexity index is 3190. The molecule has 89 heavy (non-hydrogen) atoms. The summed E-state index contributed by atoms with van der Waals surface area (Å²) in [4.78, 5) is 75.1. The number of benzene rings is 6. The van der Waals surface area contributed by atoms with Crippen LogP contribution in [0.15, 0.2) is 133 Å². The number of hydrogen-bond donors (Lipinski definition) is 7.